The molecule has 0 bridgehead atoms. The first-order chi connectivity index (χ1) is 9.69. The highest BCUT2D eigenvalue weighted by Gasteiger charge is 2.14. The average molecular weight is 288 g/mol. The molecule has 20 heavy (non-hydrogen) atoms. The summed E-state index contributed by atoms with van der Waals surface area (Å²) >= 11 is 5.94. The molecule has 0 heterocycles. The maximum Gasteiger partial charge on any atom is 0.0406 e. The minimum absolute atomic E-state index is 0.408. The lowest BCUT2D eigenvalue weighted by atomic mass is 9.86. The largest absolute Gasteiger partial charge is 0.330 e. The molecular weight excluding hydrogens is 266 g/mol. The van der Waals surface area contributed by atoms with E-state index in [9.17, 15) is 0 Å². The van der Waals surface area contributed by atoms with Crippen molar-refractivity contribution in [1.82, 2.24) is 0 Å². The van der Waals surface area contributed by atoms with Crippen LogP contribution in [-0.2, 0) is 6.42 Å². The zero-order valence-electron chi connectivity index (χ0n) is 11.9. The SMILES string of the molecule is CC(Cc1ccccc1)CC(CN)c1ccc(Cl)cc1. The Morgan fingerprint density at radius 1 is 1.00 bits per heavy atom. The van der Waals surface area contributed by atoms with Crippen LogP contribution in [0, 0.1) is 5.92 Å². The molecule has 1 nitrogen and oxygen atoms in total. The first kappa shape index (κ1) is 15.1. The number of hydrogen-bond acceptors (Lipinski definition) is 1. The van der Waals surface area contributed by atoms with E-state index in [1.807, 2.05) is 12.1 Å². The molecule has 2 heteroatoms. The Balaban J connectivity index is 1.97. The summed E-state index contributed by atoms with van der Waals surface area (Å²) in [4.78, 5) is 0. The van der Waals surface area contributed by atoms with Crippen molar-refractivity contribution in [1.29, 1.82) is 0 Å². The van der Waals surface area contributed by atoms with E-state index in [0.29, 0.717) is 18.4 Å². The lowest BCUT2D eigenvalue weighted by Crippen LogP contribution is -2.16. The lowest BCUT2D eigenvalue weighted by molar-refractivity contribution is 0.467. The van der Waals surface area contributed by atoms with E-state index >= 15 is 0 Å². The molecule has 2 rings (SSSR count). The molecule has 2 unspecified atom stereocenters. The van der Waals surface area contributed by atoms with Crippen LogP contribution in [0.25, 0.3) is 0 Å². The second-order valence-electron chi connectivity index (χ2n) is 5.51. The van der Waals surface area contributed by atoms with Crippen molar-refractivity contribution in [3.8, 4) is 0 Å². The highest BCUT2D eigenvalue weighted by molar-refractivity contribution is 6.30. The summed E-state index contributed by atoms with van der Waals surface area (Å²) in [6.45, 7) is 2.98. The third-order valence-corrected chi connectivity index (χ3v) is 3.99. The number of halogens is 1. The quantitative estimate of drug-likeness (QED) is 0.822. The van der Waals surface area contributed by atoms with Gasteiger partial charge < -0.3 is 5.73 Å². The maximum atomic E-state index is 5.95. The second kappa shape index (κ2) is 7.47. The molecule has 0 amide bonds. The summed E-state index contributed by atoms with van der Waals surface area (Å²) < 4.78 is 0. The molecule has 2 N–H and O–H groups in total. The van der Waals surface area contributed by atoms with E-state index in [1.54, 1.807) is 0 Å². The van der Waals surface area contributed by atoms with Crippen LogP contribution in [0.1, 0.15) is 30.4 Å². The van der Waals surface area contributed by atoms with Gasteiger partial charge in [-0.25, -0.2) is 0 Å². The lowest BCUT2D eigenvalue weighted by Gasteiger charge is -2.20. The fourth-order valence-corrected chi connectivity index (χ4v) is 2.81. The predicted octanol–water partition coefficient (Wildman–Crippen LogP) is 4.65. The Morgan fingerprint density at radius 2 is 1.65 bits per heavy atom. The van der Waals surface area contributed by atoms with Crippen LogP contribution < -0.4 is 5.73 Å². The first-order valence-electron chi connectivity index (χ1n) is 7.18. The summed E-state index contributed by atoms with van der Waals surface area (Å²) in [5.41, 5.74) is 8.64. The highest BCUT2D eigenvalue weighted by Crippen LogP contribution is 2.26. The van der Waals surface area contributed by atoms with Gasteiger partial charge in [0, 0.05) is 5.02 Å². The number of benzene rings is 2. The number of hydrogen-bond donors (Lipinski definition) is 1. The van der Waals surface area contributed by atoms with Gasteiger partial charge in [0.25, 0.3) is 0 Å². The fraction of sp³-hybridized carbons (Fsp3) is 0.333. The van der Waals surface area contributed by atoms with E-state index in [4.69, 9.17) is 17.3 Å². The number of rotatable bonds is 6. The fourth-order valence-electron chi connectivity index (χ4n) is 2.69. The Bertz CT molecular complexity index is 507. The van der Waals surface area contributed by atoms with Crippen molar-refractivity contribution in [3.05, 3.63) is 70.7 Å². The van der Waals surface area contributed by atoms with Crippen LogP contribution in [0.3, 0.4) is 0 Å². The molecule has 2 atom stereocenters. The minimum Gasteiger partial charge on any atom is -0.330 e. The molecule has 106 valence electrons. The minimum atomic E-state index is 0.408. The van der Waals surface area contributed by atoms with Crippen molar-refractivity contribution in [2.75, 3.05) is 6.54 Å². The van der Waals surface area contributed by atoms with Gasteiger partial charge in [0.05, 0.1) is 0 Å². The van der Waals surface area contributed by atoms with E-state index in [2.05, 4.69) is 49.4 Å². The molecule has 2 aromatic carbocycles. The summed E-state index contributed by atoms with van der Waals surface area (Å²) in [5, 5.41) is 0.779. The van der Waals surface area contributed by atoms with Crippen LogP contribution >= 0.6 is 11.6 Å². The molecule has 0 aliphatic heterocycles. The van der Waals surface area contributed by atoms with Crippen molar-refractivity contribution >= 4 is 11.6 Å². The monoisotopic (exact) mass is 287 g/mol. The standard InChI is InChI=1S/C18H22ClN/c1-14(11-15-5-3-2-4-6-15)12-17(13-20)16-7-9-18(19)10-8-16/h2-10,14,17H,11-13,20H2,1H3. The van der Waals surface area contributed by atoms with Crippen molar-refractivity contribution in [2.24, 2.45) is 11.7 Å². The van der Waals surface area contributed by atoms with Gasteiger partial charge in [-0.15, -0.1) is 0 Å². The van der Waals surface area contributed by atoms with Crippen molar-refractivity contribution in [2.45, 2.75) is 25.7 Å². The molecule has 2 aromatic rings. The normalized spacial score (nSPS) is 13.9. The molecule has 0 radical (unpaired) electrons. The van der Waals surface area contributed by atoms with Crippen LogP contribution in [0.4, 0.5) is 0 Å². The van der Waals surface area contributed by atoms with Crippen LogP contribution in [0.15, 0.2) is 54.6 Å². The van der Waals surface area contributed by atoms with Gasteiger partial charge in [0.1, 0.15) is 0 Å². The van der Waals surface area contributed by atoms with Gasteiger partial charge in [-0.1, -0.05) is 61.0 Å². The van der Waals surface area contributed by atoms with Crippen molar-refractivity contribution in [3.63, 3.8) is 0 Å². The molecule has 0 aliphatic carbocycles. The Labute approximate surface area is 126 Å². The van der Waals surface area contributed by atoms with E-state index in [1.165, 1.54) is 11.1 Å². The Hall–Kier alpha value is -1.31. The molecule has 0 saturated carbocycles. The number of nitrogens with two attached hydrogens (primary N) is 1. The van der Waals surface area contributed by atoms with Gasteiger partial charge in [-0.05, 0) is 54.5 Å². The van der Waals surface area contributed by atoms with Gasteiger partial charge in [0.2, 0.25) is 0 Å². The zero-order valence-corrected chi connectivity index (χ0v) is 12.7. The molecule has 0 aliphatic rings. The second-order valence-corrected chi connectivity index (χ2v) is 5.95. The van der Waals surface area contributed by atoms with E-state index in [-0.39, 0.29) is 0 Å². The van der Waals surface area contributed by atoms with E-state index in [0.717, 1.165) is 17.9 Å². The van der Waals surface area contributed by atoms with Gasteiger partial charge in [0.15, 0.2) is 0 Å². The van der Waals surface area contributed by atoms with Gasteiger partial charge >= 0.3 is 0 Å². The predicted molar refractivity (Wildman–Crippen MR) is 87.2 cm³/mol. The molecule has 0 saturated heterocycles. The molecule has 0 aromatic heterocycles. The van der Waals surface area contributed by atoms with E-state index < -0.39 is 0 Å². The van der Waals surface area contributed by atoms with Crippen LogP contribution in [-0.4, -0.2) is 6.54 Å². The maximum absolute atomic E-state index is 5.95. The summed E-state index contributed by atoms with van der Waals surface area (Å²) in [5.74, 6) is 1.02. The van der Waals surface area contributed by atoms with Gasteiger partial charge in [-0.3, -0.25) is 0 Å². The third-order valence-electron chi connectivity index (χ3n) is 3.74. The summed E-state index contributed by atoms with van der Waals surface area (Å²) in [6.07, 6.45) is 2.21. The third kappa shape index (κ3) is 4.36. The molecule has 0 fully saturated rings. The highest BCUT2D eigenvalue weighted by atomic mass is 35.5. The molecular formula is C18H22ClN. The Morgan fingerprint density at radius 3 is 2.25 bits per heavy atom. The topological polar surface area (TPSA) is 26.0 Å². The average Bonchev–Trinajstić information content (AvgIpc) is 2.47. The molecule has 0 spiro atoms. The van der Waals surface area contributed by atoms with Crippen molar-refractivity contribution < 1.29 is 0 Å². The zero-order chi connectivity index (χ0) is 14.4. The summed E-state index contributed by atoms with van der Waals surface area (Å²) in [6, 6.07) is 18.7. The summed E-state index contributed by atoms with van der Waals surface area (Å²) in [7, 11) is 0. The Kier molecular flexibility index (Phi) is 5.63. The first-order valence-corrected chi connectivity index (χ1v) is 7.56. The van der Waals surface area contributed by atoms with Crippen LogP contribution in [0.2, 0.25) is 5.02 Å². The smallest absolute Gasteiger partial charge is 0.0406 e. The van der Waals surface area contributed by atoms with Gasteiger partial charge in [-0.2, -0.15) is 0 Å². The van der Waals surface area contributed by atoms with Crippen LogP contribution in [0.5, 0.6) is 0 Å².